The number of carbonyl (C=O) groups is 2. The molecule has 0 unspecified atom stereocenters. The number of fused-ring (bicyclic) bond motifs is 1. The normalized spacial score (nSPS) is 15.8. The third-order valence-electron chi connectivity index (χ3n) is 5.04. The van der Waals surface area contributed by atoms with Crippen molar-refractivity contribution < 1.29 is 19.8 Å². The number of thiophene rings is 1. The van der Waals surface area contributed by atoms with Gasteiger partial charge in [-0.3, -0.25) is 0 Å². The van der Waals surface area contributed by atoms with Gasteiger partial charge in [-0.05, 0) is 56.9 Å². The fourth-order valence-electron chi connectivity index (χ4n) is 3.62. The third kappa shape index (κ3) is 7.27. The summed E-state index contributed by atoms with van der Waals surface area (Å²) in [6, 6.07) is 11.2. The molecule has 0 atom stereocenters. The molecule has 0 aliphatic heterocycles. The van der Waals surface area contributed by atoms with Crippen molar-refractivity contribution in [1.29, 1.82) is 0 Å². The second-order valence-electron chi connectivity index (χ2n) is 7.18. The lowest BCUT2D eigenvalue weighted by Gasteiger charge is -2.38. The molecule has 1 fully saturated rings. The molecule has 0 spiro atoms. The van der Waals surface area contributed by atoms with E-state index in [4.69, 9.17) is 10.2 Å². The van der Waals surface area contributed by atoms with E-state index in [1.165, 1.54) is 48.6 Å². The van der Waals surface area contributed by atoms with Crippen molar-refractivity contribution in [2.45, 2.75) is 44.1 Å². The van der Waals surface area contributed by atoms with E-state index < -0.39 is 11.9 Å². The van der Waals surface area contributed by atoms with E-state index >= 15 is 0 Å². The number of nitrogens with one attached hydrogen (secondary N) is 2. The number of benzene rings is 1. The molecule has 1 heterocycles. The molecule has 6 nitrogen and oxygen atoms in total. The number of carboxylic acids is 2. The Balaban J connectivity index is 0.000000321. The van der Waals surface area contributed by atoms with Crippen molar-refractivity contribution in [3.8, 4) is 0 Å². The number of carboxylic acid groups (broad SMARTS) is 2. The van der Waals surface area contributed by atoms with Gasteiger partial charge in [0.05, 0.1) is 5.54 Å². The Kier molecular flexibility index (Phi) is 9.31. The van der Waals surface area contributed by atoms with Crippen molar-refractivity contribution >= 4 is 33.4 Å². The molecule has 1 aliphatic rings. The maximum absolute atomic E-state index is 9.55. The Morgan fingerprint density at radius 1 is 1.07 bits per heavy atom. The first-order valence-electron chi connectivity index (χ1n) is 9.99. The molecule has 2 aromatic rings. The maximum Gasteiger partial charge on any atom is 0.328 e. The largest absolute Gasteiger partial charge is 0.478 e. The highest BCUT2D eigenvalue weighted by molar-refractivity contribution is 7.19. The van der Waals surface area contributed by atoms with Crippen LogP contribution in [0.25, 0.3) is 10.1 Å². The summed E-state index contributed by atoms with van der Waals surface area (Å²) in [6.45, 7) is 2.20. The molecule has 4 N–H and O–H groups in total. The molecule has 7 heteroatoms. The van der Waals surface area contributed by atoms with Crippen LogP contribution in [0.3, 0.4) is 0 Å². The van der Waals surface area contributed by atoms with Gasteiger partial charge in [0, 0.05) is 21.7 Å². The number of rotatable bonds is 8. The third-order valence-corrected chi connectivity index (χ3v) is 6.36. The molecule has 0 bridgehead atoms. The smallest absolute Gasteiger partial charge is 0.328 e. The standard InChI is InChI=1S/C18H26N2S.C4H4O4/c1-19-12-7-13-20-18(10-5-2-6-11-18)17-14-15-8-3-4-9-16(15)21-17;5-3(6)1-2-4(7)8/h3-4,8-9,14,19-20H,2,5-7,10-13H2,1H3;1-2H,(H,5,6)(H,7,8)/b;2-1+. The highest BCUT2D eigenvalue weighted by Crippen LogP contribution is 2.42. The lowest BCUT2D eigenvalue weighted by Crippen LogP contribution is -2.44. The highest BCUT2D eigenvalue weighted by atomic mass is 32.1. The van der Waals surface area contributed by atoms with Crippen molar-refractivity contribution in [1.82, 2.24) is 10.6 Å². The zero-order valence-electron chi connectivity index (χ0n) is 16.8. The predicted octanol–water partition coefficient (Wildman–Crippen LogP) is 3.97. The zero-order valence-corrected chi connectivity index (χ0v) is 17.6. The van der Waals surface area contributed by atoms with Crippen molar-refractivity contribution in [2.24, 2.45) is 0 Å². The molecule has 1 saturated carbocycles. The van der Waals surface area contributed by atoms with Crippen LogP contribution in [0, 0.1) is 0 Å². The van der Waals surface area contributed by atoms with Gasteiger partial charge >= 0.3 is 11.9 Å². The molecule has 1 aliphatic carbocycles. The summed E-state index contributed by atoms with van der Waals surface area (Å²) in [5, 5.41) is 24.2. The predicted molar refractivity (Wildman–Crippen MR) is 118 cm³/mol. The number of aliphatic carboxylic acids is 2. The lowest BCUT2D eigenvalue weighted by atomic mass is 9.80. The SMILES string of the molecule is CNCCCNC1(c2cc3ccccc3s2)CCCCC1.O=C(O)/C=C/C(=O)O. The molecule has 0 amide bonds. The average molecular weight is 419 g/mol. The van der Waals surface area contributed by atoms with Gasteiger partial charge in [0.25, 0.3) is 0 Å². The van der Waals surface area contributed by atoms with Gasteiger partial charge < -0.3 is 20.8 Å². The minimum Gasteiger partial charge on any atom is -0.478 e. The van der Waals surface area contributed by atoms with E-state index in [-0.39, 0.29) is 5.54 Å². The molecule has 158 valence electrons. The molecular formula is C22H30N2O4S. The van der Waals surface area contributed by atoms with Gasteiger partial charge in [-0.15, -0.1) is 11.3 Å². The lowest BCUT2D eigenvalue weighted by molar-refractivity contribution is -0.134. The number of hydrogen-bond donors (Lipinski definition) is 4. The van der Waals surface area contributed by atoms with Crippen LogP contribution in [0.5, 0.6) is 0 Å². The molecule has 29 heavy (non-hydrogen) atoms. The van der Waals surface area contributed by atoms with Gasteiger partial charge in [0.15, 0.2) is 0 Å². The second kappa shape index (κ2) is 11.7. The minimum atomic E-state index is -1.26. The summed E-state index contributed by atoms with van der Waals surface area (Å²) in [5.41, 5.74) is 0.232. The highest BCUT2D eigenvalue weighted by Gasteiger charge is 2.34. The Morgan fingerprint density at radius 2 is 1.72 bits per heavy atom. The van der Waals surface area contributed by atoms with Crippen LogP contribution in [0.2, 0.25) is 0 Å². The number of hydrogen-bond acceptors (Lipinski definition) is 5. The van der Waals surface area contributed by atoms with Crippen molar-refractivity contribution in [3.63, 3.8) is 0 Å². The summed E-state index contributed by atoms with van der Waals surface area (Å²) in [7, 11) is 2.03. The van der Waals surface area contributed by atoms with Crippen LogP contribution in [0.1, 0.15) is 43.4 Å². The van der Waals surface area contributed by atoms with Crippen molar-refractivity contribution in [2.75, 3.05) is 20.1 Å². The van der Waals surface area contributed by atoms with E-state index in [9.17, 15) is 9.59 Å². The van der Waals surface area contributed by atoms with Crippen LogP contribution in [-0.2, 0) is 15.1 Å². The van der Waals surface area contributed by atoms with E-state index in [0.29, 0.717) is 12.2 Å². The topological polar surface area (TPSA) is 98.7 Å². The van der Waals surface area contributed by atoms with Gasteiger partial charge in [0.2, 0.25) is 0 Å². The van der Waals surface area contributed by atoms with E-state index in [0.717, 1.165) is 13.1 Å². The Bertz CT molecular complexity index is 776. The quantitative estimate of drug-likeness (QED) is 0.382. The van der Waals surface area contributed by atoms with Crippen LogP contribution in [-0.4, -0.2) is 42.3 Å². The Labute approximate surface area is 175 Å². The van der Waals surface area contributed by atoms with E-state index in [1.807, 2.05) is 18.4 Å². The molecule has 1 aromatic carbocycles. The first-order valence-corrected chi connectivity index (χ1v) is 10.8. The maximum atomic E-state index is 9.55. The van der Waals surface area contributed by atoms with Crippen LogP contribution in [0.4, 0.5) is 0 Å². The van der Waals surface area contributed by atoms with Gasteiger partial charge in [-0.1, -0.05) is 37.5 Å². The fraction of sp³-hybridized carbons (Fsp3) is 0.455. The van der Waals surface area contributed by atoms with Gasteiger partial charge in [-0.2, -0.15) is 0 Å². The van der Waals surface area contributed by atoms with E-state index in [1.54, 1.807) is 4.88 Å². The minimum absolute atomic E-state index is 0.232. The summed E-state index contributed by atoms with van der Waals surface area (Å²) in [6.07, 6.45) is 9.00. The van der Waals surface area contributed by atoms with Crippen LogP contribution >= 0.6 is 11.3 Å². The Hall–Kier alpha value is -2.22. The van der Waals surface area contributed by atoms with E-state index in [2.05, 4.69) is 41.0 Å². The molecule has 1 aromatic heterocycles. The van der Waals surface area contributed by atoms with Crippen LogP contribution in [0.15, 0.2) is 42.5 Å². The zero-order chi connectivity index (χ0) is 21.1. The summed E-state index contributed by atoms with van der Waals surface area (Å²) in [5.74, 6) is -2.51. The summed E-state index contributed by atoms with van der Waals surface area (Å²) < 4.78 is 1.43. The monoisotopic (exact) mass is 418 g/mol. The summed E-state index contributed by atoms with van der Waals surface area (Å²) >= 11 is 1.99. The first-order chi connectivity index (χ1) is 14.0. The molecular weight excluding hydrogens is 388 g/mol. The summed E-state index contributed by atoms with van der Waals surface area (Å²) in [4.78, 5) is 20.7. The second-order valence-corrected chi connectivity index (χ2v) is 8.27. The molecule has 3 rings (SSSR count). The Morgan fingerprint density at radius 3 is 2.31 bits per heavy atom. The van der Waals surface area contributed by atoms with Gasteiger partial charge in [-0.25, -0.2) is 9.59 Å². The fourth-order valence-corrected chi connectivity index (χ4v) is 4.90. The van der Waals surface area contributed by atoms with Gasteiger partial charge in [0.1, 0.15) is 0 Å². The van der Waals surface area contributed by atoms with Crippen molar-refractivity contribution in [3.05, 3.63) is 47.4 Å². The van der Waals surface area contributed by atoms with Crippen LogP contribution < -0.4 is 10.6 Å². The molecule has 0 saturated heterocycles. The molecule has 0 radical (unpaired) electrons. The first kappa shape index (κ1) is 23.1. The average Bonchev–Trinajstić information content (AvgIpc) is 3.16.